The number of nitrogens with zero attached hydrogens (tertiary/aromatic N) is 2. The predicted molar refractivity (Wildman–Crippen MR) is 106 cm³/mol. The first-order valence-corrected chi connectivity index (χ1v) is 9.32. The first-order chi connectivity index (χ1) is 13.4. The number of halogens is 1. The highest BCUT2D eigenvalue weighted by Gasteiger charge is 2.22. The van der Waals surface area contributed by atoms with Gasteiger partial charge in [-0.1, -0.05) is 32.1 Å². The van der Waals surface area contributed by atoms with E-state index in [-0.39, 0.29) is 36.6 Å². The number of benzene rings is 1. The maximum atomic E-state index is 13.2. The van der Waals surface area contributed by atoms with Gasteiger partial charge in [-0.05, 0) is 35.7 Å². The first kappa shape index (κ1) is 21.4. The summed E-state index contributed by atoms with van der Waals surface area (Å²) in [5.41, 5.74) is 0.796. The number of amides is 2. The molecule has 0 radical (unpaired) electrons. The van der Waals surface area contributed by atoms with Crippen molar-refractivity contribution in [2.75, 3.05) is 13.1 Å². The van der Waals surface area contributed by atoms with Gasteiger partial charge in [0.05, 0.1) is 12.8 Å². The Morgan fingerprint density at radius 3 is 2.39 bits per heavy atom. The number of hydrogen-bond acceptors (Lipinski definition) is 3. The summed E-state index contributed by atoms with van der Waals surface area (Å²) in [6.07, 6.45) is 3.53. The van der Waals surface area contributed by atoms with E-state index in [2.05, 4.69) is 6.58 Å². The average Bonchev–Trinajstić information content (AvgIpc) is 3.15. The van der Waals surface area contributed by atoms with E-state index in [0.717, 1.165) is 5.56 Å². The number of rotatable bonds is 10. The molecule has 0 fully saturated rings. The lowest BCUT2D eigenvalue weighted by Gasteiger charge is -2.27. The molecule has 0 N–H and O–H groups in total. The number of hydrogen-bond donors (Lipinski definition) is 0. The largest absolute Gasteiger partial charge is 0.467 e. The first-order valence-electron chi connectivity index (χ1n) is 9.32. The van der Waals surface area contributed by atoms with Crippen LogP contribution in [0.3, 0.4) is 0 Å². The minimum absolute atomic E-state index is 0.0422. The van der Waals surface area contributed by atoms with E-state index < -0.39 is 0 Å². The third kappa shape index (κ3) is 6.68. The van der Waals surface area contributed by atoms with E-state index in [4.69, 9.17) is 4.42 Å². The molecular weight excluding hydrogens is 359 g/mol. The van der Waals surface area contributed by atoms with Crippen LogP contribution in [0.5, 0.6) is 0 Å². The number of carbonyl (C=O) groups is 2. The molecule has 0 aliphatic carbocycles. The molecule has 150 valence electrons. The second-order valence-corrected chi connectivity index (χ2v) is 7.12. The van der Waals surface area contributed by atoms with Gasteiger partial charge in [0, 0.05) is 19.5 Å². The second kappa shape index (κ2) is 10.4. The molecule has 1 heterocycles. The lowest BCUT2D eigenvalue weighted by atomic mass is 10.1. The Morgan fingerprint density at radius 1 is 1.11 bits per heavy atom. The number of furan rings is 1. The number of carbonyl (C=O) groups excluding carboxylic acids is 2. The quantitative estimate of drug-likeness (QED) is 0.580. The molecule has 2 aromatic rings. The van der Waals surface area contributed by atoms with Gasteiger partial charge in [0.15, 0.2) is 0 Å². The van der Waals surface area contributed by atoms with Crippen LogP contribution in [-0.2, 0) is 22.7 Å². The van der Waals surface area contributed by atoms with Crippen molar-refractivity contribution in [2.45, 2.75) is 33.4 Å². The molecule has 6 heteroatoms. The van der Waals surface area contributed by atoms with Crippen LogP contribution in [0.1, 0.15) is 31.6 Å². The molecule has 0 aliphatic rings. The molecule has 28 heavy (non-hydrogen) atoms. The summed E-state index contributed by atoms with van der Waals surface area (Å²) in [6.45, 7) is 8.43. The van der Waals surface area contributed by atoms with Crippen LogP contribution in [0.4, 0.5) is 4.39 Å². The third-order valence-electron chi connectivity index (χ3n) is 4.18. The fraction of sp³-hybridized carbons (Fsp3) is 0.364. The van der Waals surface area contributed by atoms with Gasteiger partial charge in [-0.15, -0.1) is 6.58 Å². The van der Waals surface area contributed by atoms with Gasteiger partial charge in [-0.25, -0.2) is 4.39 Å². The zero-order chi connectivity index (χ0) is 20.5. The molecule has 0 bridgehead atoms. The van der Waals surface area contributed by atoms with Gasteiger partial charge >= 0.3 is 0 Å². The maximum absolute atomic E-state index is 13.2. The predicted octanol–water partition coefficient (Wildman–Crippen LogP) is 4.01. The molecule has 1 aromatic heterocycles. The molecule has 0 saturated heterocycles. The van der Waals surface area contributed by atoms with E-state index in [1.54, 1.807) is 41.5 Å². The lowest BCUT2D eigenvalue weighted by molar-refractivity contribution is -0.141. The third-order valence-corrected chi connectivity index (χ3v) is 4.18. The molecule has 0 spiro atoms. The van der Waals surface area contributed by atoms with E-state index >= 15 is 0 Å². The van der Waals surface area contributed by atoms with Gasteiger partial charge in [0.1, 0.15) is 18.1 Å². The van der Waals surface area contributed by atoms with E-state index in [0.29, 0.717) is 25.3 Å². The van der Waals surface area contributed by atoms with Crippen molar-refractivity contribution in [3.63, 3.8) is 0 Å². The highest BCUT2D eigenvalue weighted by atomic mass is 19.1. The van der Waals surface area contributed by atoms with Gasteiger partial charge in [-0.2, -0.15) is 0 Å². The second-order valence-electron chi connectivity index (χ2n) is 7.12. The maximum Gasteiger partial charge on any atom is 0.242 e. The zero-order valence-electron chi connectivity index (χ0n) is 16.4. The molecule has 0 aliphatic heterocycles. The van der Waals surface area contributed by atoms with Gasteiger partial charge in [0.2, 0.25) is 11.8 Å². The summed E-state index contributed by atoms with van der Waals surface area (Å²) in [7, 11) is 0. The molecule has 0 unspecified atom stereocenters. The Labute approximate surface area is 165 Å². The minimum Gasteiger partial charge on any atom is -0.467 e. The summed E-state index contributed by atoms with van der Waals surface area (Å²) in [6, 6.07) is 9.55. The fourth-order valence-electron chi connectivity index (χ4n) is 2.79. The van der Waals surface area contributed by atoms with Gasteiger partial charge in [-0.3, -0.25) is 9.59 Å². The fourth-order valence-corrected chi connectivity index (χ4v) is 2.79. The van der Waals surface area contributed by atoms with E-state index in [1.807, 2.05) is 13.8 Å². The van der Waals surface area contributed by atoms with Crippen LogP contribution >= 0.6 is 0 Å². The molecule has 0 saturated carbocycles. The Morgan fingerprint density at radius 2 is 1.82 bits per heavy atom. The van der Waals surface area contributed by atoms with E-state index in [1.165, 1.54) is 17.0 Å². The van der Waals surface area contributed by atoms with Crippen molar-refractivity contribution in [1.82, 2.24) is 9.80 Å². The molecule has 2 rings (SSSR count). The van der Waals surface area contributed by atoms with Crippen molar-refractivity contribution in [1.29, 1.82) is 0 Å². The lowest BCUT2D eigenvalue weighted by Crippen LogP contribution is -2.42. The molecule has 0 atom stereocenters. The molecule has 5 nitrogen and oxygen atoms in total. The Kier molecular flexibility index (Phi) is 7.99. The van der Waals surface area contributed by atoms with Crippen molar-refractivity contribution in [2.24, 2.45) is 5.92 Å². The smallest absolute Gasteiger partial charge is 0.242 e. The van der Waals surface area contributed by atoms with Crippen molar-refractivity contribution >= 4 is 11.8 Å². The van der Waals surface area contributed by atoms with Gasteiger partial charge in [0.25, 0.3) is 0 Å². The summed E-state index contributed by atoms with van der Waals surface area (Å²) >= 11 is 0. The SMILES string of the molecule is C=CCN(CC(=O)N(Cc1ccc(F)cc1)Cc1ccco1)C(=O)CC(C)C. The normalized spacial score (nSPS) is 10.7. The highest BCUT2D eigenvalue weighted by molar-refractivity contribution is 5.85. The Bertz CT molecular complexity index is 770. The van der Waals surface area contributed by atoms with Crippen LogP contribution < -0.4 is 0 Å². The molecule has 1 aromatic carbocycles. The van der Waals surface area contributed by atoms with Gasteiger partial charge < -0.3 is 14.2 Å². The minimum atomic E-state index is -0.330. The van der Waals surface area contributed by atoms with Crippen LogP contribution in [-0.4, -0.2) is 34.7 Å². The summed E-state index contributed by atoms with van der Waals surface area (Å²) in [5, 5.41) is 0. The Balaban J connectivity index is 2.14. The van der Waals surface area contributed by atoms with E-state index in [9.17, 15) is 14.0 Å². The topological polar surface area (TPSA) is 53.8 Å². The standard InChI is InChI=1S/C22H27FN2O3/c1-4-11-24(21(26)13-17(2)3)16-22(27)25(15-20-6-5-12-28-20)14-18-7-9-19(23)10-8-18/h4-10,12,17H,1,11,13-16H2,2-3H3. The monoisotopic (exact) mass is 386 g/mol. The summed E-state index contributed by atoms with van der Waals surface area (Å²) in [4.78, 5) is 28.6. The highest BCUT2D eigenvalue weighted by Crippen LogP contribution is 2.13. The average molecular weight is 386 g/mol. The van der Waals surface area contributed by atoms with Crippen molar-refractivity contribution < 1.29 is 18.4 Å². The van der Waals surface area contributed by atoms with Crippen LogP contribution in [0.25, 0.3) is 0 Å². The summed E-state index contributed by atoms with van der Waals surface area (Å²) in [5.74, 6) is 0.222. The zero-order valence-corrected chi connectivity index (χ0v) is 16.4. The van der Waals surface area contributed by atoms with Crippen LogP contribution in [0.15, 0.2) is 59.7 Å². The molecule has 2 amide bonds. The van der Waals surface area contributed by atoms with Crippen molar-refractivity contribution in [3.8, 4) is 0 Å². The Hall–Kier alpha value is -2.89. The van der Waals surface area contributed by atoms with Crippen LogP contribution in [0.2, 0.25) is 0 Å². The summed E-state index contributed by atoms with van der Waals surface area (Å²) < 4.78 is 18.6. The molecular formula is C22H27FN2O3. The van der Waals surface area contributed by atoms with Crippen LogP contribution in [0, 0.1) is 11.7 Å². The van der Waals surface area contributed by atoms with Crippen molar-refractivity contribution in [3.05, 3.63) is 72.5 Å².